The number of esters is 1. The molecule has 0 saturated carbocycles. The van der Waals surface area contributed by atoms with Gasteiger partial charge in [0.2, 0.25) is 0 Å². The molecule has 0 amide bonds. The molecule has 0 radical (unpaired) electrons. The van der Waals surface area contributed by atoms with Crippen molar-refractivity contribution in [2.75, 3.05) is 39.7 Å². The molecule has 0 aromatic heterocycles. The smallest absolute Gasteiger partial charge is 0.305 e. The van der Waals surface area contributed by atoms with Crippen LogP contribution < -0.4 is 20.1 Å². The van der Waals surface area contributed by atoms with Gasteiger partial charge in [0.1, 0.15) is 0 Å². The summed E-state index contributed by atoms with van der Waals surface area (Å²) in [7, 11) is 4.65. The molecule has 1 aromatic carbocycles. The van der Waals surface area contributed by atoms with E-state index < -0.39 is 0 Å². The molecule has 0 aliphatic carbocycles. The lowest BCUT2D eigenvalue weighted by molar-refractivity contribution is -0.140. The van der Waals surface area contributed by atoms with Gasteiger partial charge in [0.15, 0.2) is 17.5 Å². The molecule has 8 heteroatoms. The molecule has 0 atom stereocenters. The Labute approximate surface area is 179 Å². The zero-order valence-corrected chi connectivity index (χ0v) is 19.0. The maximum atomic E-state index is 11.0. The minimum absolute atomic E-state index is 0. The monoisotopic (exact) mass is 493 g/mol. The summed E-state index contributed by atoms with van der Waals surface area (Å²) >= 11 is 0. The van der Waals surface area contributed by atoms with Crippen LogP contribution in [-0.4, -0.2) is 46.3 Å². The first kappa shape index (κ1) is 25.3. The summed E-state index contributed by atoms with van der Waals surface area (Å²) in [5.74, 6) is 1.94. The van der Waals surface area contributed by atoms with Gasteiger partial charge in [-0.15, -0.1) is 24.0 Å². The van der Waals surface area contributed by atoms with Crippen molar-refractivity contribution in [2.24, 2.45) is 4.99 Å². The van der Waals surface area contributed by atoms with Gasteiger partial charge >= 0.3 is 5.97 Å². The predicted molar refractivity (Wildman–Crippen MR) is 120 cm³/mol. The highest BCUT2D eigenvalue weighted by Crippen LogP contribution is 2.29. The predicted octanol–water partition coefficient (Wildman–Crippen LogP) is 3.82. The van der Waals surface area contributed by atoms with Gasteiger partial charge in [-0.2, -0.15) is 0 Å². The molecule has 2 N–H and O–H groups in total. The molecule has 0 saturated heterocycles. The van der Waals surface area contributed by atoms with Crippen molar-refractivity contribution < 1.29 is 19.0 Å². The lowest BCUT2D eigenvalue weighted by Crippen LogP contribution is -2.30. The highest BCUT2D eigenvalue weighted by atomic mass is 127. The zero-order chi connectivity index (χ0) is 19.2. The summed E-state index contributed by atoms with van der Waals surface area (Å²) in [6, 6.07) is 5.64. The van der Waals surface area contributed by atoms with Crippen LogP contribution in [0.25, 0.3) is 0 Å². The quantitative estimate of drug-likeness (QED) is 0.160. The van der Waals surface area contributed by atoms with Crippen LogP contribution >= 0.6 is 24.0 Å². The molecular formula is C19H32IN3O4. The Balaban J connectivity index is 0.00000676. The standard InChI is InChI=1S/C19H31N3O4.HI/c1-5-20-19(21-13-9-7-6-8-10-18(23)26-4)22-15-11-12-16(24-2)17(14-15)25-3;/h11-12,14H,5-10,13H2,1-4H3,(H2,20,21,22);1H. The number of anilines is 1. The number of carbonyl (C=O) groups is 1. The number of benzene rings is 1. The molecular weight excluding hydrogens is 461 g/mol. The van der Waals surface area contributed by atoms with Crippen molar-refractivity contribution in [3.63, 3.8) is 0 Å². The fourth-order valence-electron chi connectivity index (χ4n) is 2.39. The summed E-state index contributed by atoms with van der Waals surface area (Å²) in [4.78, 5) is 15.6. The van der Waals surface area contributed by atoms with Gasteiger partial charge in [0.25, 0.3) is 0 Å². The van der Waals surface area contributed by atoms with Crippen molar-refractivity contribution in [3.8, 4) is 11.5 Å². The van der Waals surface area contributed by atoms with E-state index in [1.165, 1.54) is 7.11 Å². The van der Waals surface area contributed by atoms with Crippen molar-refractivity contribution >= 4 is 41.6 Å². The Morgan fingerprint density at radius 3 is 2.37 bits per heavy atom. The number of ether oxygens (including phenoxy) is 3. The Morgan fingerprint density at radius 2 is 1.74 bits per heavy atom. The van der Waals surface area contributed by atoms with Crippen LogP contribution in [0.15, 0.2) is 23.2 Å². The number of unbranched alkanes of at least 4 members (excludes halogenated alkanes) is 3. The van der Waals surface area contributed by atoms with Crippen LogP contribution in [0.1, 0.15) is 39.0 Å². The molecule has 0 bridgehead atoms. The molecule has 0 spiro atoms. The Kier molecular flexibility index (Phi) is 14.4. The van der Waals surface area contributed by atoms with Crippen molar-refractivity contribution in [3.05, 3.63) is 18.2 Å². The number of nitrogens with zero attached hydrogens (tertiary/aromatic N) is 1. The average molecular weight is 493 g/mol. The van der Waals surface area contributed by atoms with Crippen LogP contribution in [0, 0.1) is 0 Å². The fourth-order valence-corrected chi connectivity index (χ4v) is 2.39. The second kappa shape index (κ2) is 15.4. The summed E-state index contributed by atoms with van der Waals surface area (Å²) < 4.78 is 15.2. The number of carbonyl (C=O) groups excluding carboxylic acids is 1. The number of aliphatic imine (C=N–C) groups is 1. The number of hydrogen-bond donors (Lipinski definition) is 2. The number of halogens is 1. The van der Waals surface area contributed by atoms with E-state index in [1.54, 1.807) is 14.2 Å². The van der Waals surface area contributed by atoms with Crippen molar-refractivity contribution in [2.45, 2.75) is 39.0 Å². The first-order valence-corrected chi connectivity index (χ1v) is 8.98. The van der Waals surface area contributed by atoms with Gasteiger partial charge in [-0.3, -0.25) is 9.79 Å². The summed E-state index contributed by atoms with van der Waals surface area (Å²) in [6.45, 7) is 3.53. The Hall–Kier alpha value is -1.71. The molecule has 154 valence electrons. The van der Waals surface area contributed by atoms with E-state index in [4.69, 9.17) is 9.47 Å². The molecule has 0 aliphatic rings. The molecule has 0 unspecified atom stereocenters. The third-order valence-corrected chi connectivity index (χ3v) is 3.78. The van der Waals surface area contributed by atoms with Crippen LogP contribution in [0.4, 0.5) is 5.69 Å². The second-order valence-electron chi connectivity index (χ2n) is 5.70. The molecule has 1 aromatic rings. The third kappa shape index (κ3) is 10.3. The highest BCUT2D eigenvalue weighted by Gasteiger charge is 2.06. The maximum Gasteiger partial charge on any atom is 0.305 e. The van der Waals surface area contributed by atoms with Gasteiger partial charge in [0.05, 0.1) is 21.3 Å². The van der Waals surface area contributed by atoms with Crippen molar-refractivity contribution in [1.82, 2.24) is 5.32 Å². The Morgan fingerprint density at radius 1 is 1.04 bits per heavy atom. The van der Waals surface area contributed by atoms with E-state index in [-0.39, 0.29) is 29.9 Å². The van der Waals surface area contributed by atoms with E-state index in [2.05, 4.69) is 20.4 Å². The number of guanidine groups is 1. The molecule has 0 aliphatic heterocycles. The average Bonchev–Trinajstić information content (AvgIpc) is 2.66. The van der Waals surface area contributed by atoms with Gasteiger partial charge in [-0.05, 0) is 31.9 Å². The molecule has 7 nitrogen and oxygen atoms in total. The van der Waals surface area contributed by atoms with E-state index in [0.29, 0.717) is 17.9 Å². The van der Waals surface area contributed by atoms with Gasteiger partial charge in [-0.1, -0.05) is 12.8 Å². The number of methoxy groups -OCH3 is 3. The third-order valence-electron chi connectivity index (χ3n) is 3.78. The van der Waals surface area contributed by atoms with Crippen LogP contribution in [0.3, 0.4) is 0 Å². The lowest BCUT2D eigenvalue weighted by atomic mass is 10.1. The minimum atomic E-state index is -0.142. The van der Waals surface area contributed by atoms with E-state index in [0.717, 1.165) is 50.4 Å². The van der Waals surface area contributed by atoms with Gasteiger partial charge < -0.3 is 24.8 Å². The molecule has 0 heterocycles. The first-order valence-electron chi connectivity index (χ1n) is 8.98. The highest BCUT2D eigenvalue weighted by molar-refractivity contribution is 14.0. The number of rotatable bonds is 11. The fraction of sp³-hybridized carbons (Fsp3) is 0.579. The second-order valence-corrected chi connectivity index (χ2v) is 5.70. The van der Waals surface area contributed by atoms with Gasteiger partial charge in [0, 0.05) is 31.3 Å². The lowest BCUT2D eigenvalue weighted by Gasteiger charge is -2.13. The summed E-state index contributed by atoms with van der Waals surface area (Å²) in [6.07, 6.45) is 4.37. The molecule has 1 rings (SSSR count). The first-order chi connectivity index (χ1) is 12.6. The topological polar surface area (TPSA) is 81.2 Å². The normalized spacial score (nSPS) is 10.6. The van der Waals surface area contributed by atoms with E-state index in [1.807, 2.05) is 25.1 Å². The SMILES string of the molecule is CCNC(=NCCCCCCC(=O)OC)Nc1ccc(OC)c(OC)c1.I. The van der Waals surface area contributed by atoms with E-state index >= 15 is 0 Å². The van der Waals surface area contributed by atoms with Crippen LogP contribution in [0.5, 0.6) is 11.5 Å². The van der Waals surface area contributed by atoms with Crippen LogP contribution in [0.2, 0.25) is 0 Å². The number of hydrogen-bond acceptors (Lipinski definition) is 5. The van der Waals surface area contributed by atoms with Crippen molar-refractivity contribution in [1.29, 1.82) is 0 Å². The maximum absolute atomic E-state index is 11.0. The minimum Gasteiger partial charge on any atom is -0.493 e. The van der Waals surface area contributed by atoms with E-state index in [9.17, 15) is 4.79 Å². The summed E-state index contributed by atoms with van der Waals surface area (Å²) in [5, 5.41) is 6.50. The summed E-state index contributed by atoms with van der Waals surface area (Å²) in [5.41, 5.74) is 0.875. The van der Waals surface area contributed by atoms with Gasteiger partial charge in [-0.25, -0.2) is 0 Å². The Bertz CT molecular complexity index is 582. The van der Waals surface area contributed by atoms with Crippen LogP contribution in [-0.2, 0) is 9.53 Å². The number of nitrogens with one attached hydrogen (secondary N) is 2. The molecule has 27 heavy (non-hydrogen) atoms. The zero-order valence-electron chi connectivity index (χ0n) is 16.7. The molecule has 0 fully saturated rings. The largest absolute Gasteiger partial charge is 0.493 e.